The van der Waals surface area contributed by atoms with E-state index in [-0.39, 0.29) is 11.2 Å². The zero-order valence-electron chi connectivity index (χ0n) is 15.3. The van der Waals surface area contributed by atoms with Gasteiger partial charge in [-0.25, -0.2) is 4.98 Å². The predicted molar refractivity (Wildman–Crippen MR) is 102 cm³/mol. The van der Waals surface area contributed by atoms with E-state index in [1.807, 2.05) is 13.8 Å². The minimum absolute atomic E-state index is 0.0795. The van der Waals surface area contributed by atoms with E-state index in [2.05, 4.69) is 41.7 Å². The molecule has 0 aliphatic rings. The maximum atomic E-state index is 12.5. The Balaban J connectivity index is 2.08. The zero-order valence-corrected chi connectivity index (χ0v) is 16.1. The highest BCUT2D eigenvalue weighted by atomic mass is 32.2. The van der Waals surface area contributed by atoms with Gasteiger partial charge in [0.2, 0.25) is 5.91 Å². The Morgan fingerprint density at radius 3 is 2.48 bits per heavy atom. The number of nitrogens with zero attached hydrogens (tertiary/aromatic N) is 3. The van der Waals surface area contributed by atoms with Gasteiger partial charge in [0.1, 0.15) is 0 Å². The van der Waals surface area contributed by atoms with Crippen molar-refractivity contribution >= 4 is 23.4 Å². The summed E-state index contributed by atoms with van der Waals surface area (Å²) < 4.78 is 2.19. The molecular weight excluding hydrogens is 332 g/mol. The first-order valence-corrected chi connectivity index (χ1v) is 9.21. The van der Waals surface area contributed by atoms with Crippen LogP contribution in [-0.2, 0) is 11.3 Å². The number of carbonyl (C=O) groups is 1. The molecule has 1 N–H and O–H groups in total. The molecule has 0 saturated heterocycles. The molecule has 0 fully saturated rings. The second kappa shape index (κ2) is 8.21. The van der Waals surface area contributed by atoms with E-state index in [4.69, 9.17) is 5.26 Å². The molecule has 0 unspecified atom stereocenters. The number of aromatic nitrogens is 2. The molecule has 2 aromatic rings. The molecule has 0 spiro atoms. The van der Waals surface area contributed by atoms with E-state index in [9.17, 15) is 4.79 Å². The second-order valence-electron chi connectivity index (χ2n) is 6.51. The van der Waals surface area contributed by atoms with E-state index in [1.165, 1.54) is 11.8 Å². The third-order valence-electron chi connectivity index (χ3n) is 3.90. The van der Waals surface area contributed by atoms with E-state index < -0.39 is 0 Å². The summed E-state index contributed by atoms with van der Waals surface area (Å²) in [5.41, 5.74) is 3.41. The van der Waals surface area contributed by atoms with Gasteiger partial charge in [-0.05, 0) is 51.0 Å². The summed E-state index contributed by atoms with van der Waals surface area (Å²) >= 11 is 1.47. The van der Waals surface area contributed by atoms with Gasteiger partial charge in [0.25, 0.3) is 0 Å². The molecule has 1 amide bonds. The number of imidazole rings is 1. The monoisotopic (exact) mass is 356 g/mol. The number of hydrogen-bond donors (Lipinski definition) is 1. The maximum Gasteiger partial charge on any atom is 0.237 e. The molecule has 6 heteroatoms. The third-order valence-corrected chi connectivity index (χ3v) is 4.99. The quantitative estimate of drug-likeness (QED) is 0.790. The molecule has 1 aromatic heterocycles. The average Bonchev–Trinajstić information content (AvgIpc) is 2.82. The summed E-state index contributed by atoms with van der Waals surface area (Å²) in [6.07, 6.45) is 0. The smallest absolute Gasteiger partial charge is 0.237 e. The van der Waals surface area contributed by atoms with Gasteiger partial charge >= 0.3 is 0 Å². The summed E-state index contributed by atoms with van der Waals surface area (Å²) in [6, 6.07) is 8.92. The number of rotatable bonds is 6. The Hall–Kier alpha value is -2.26. The maximum absolute atomic E-state index is 12.5. The minimum Gasteiger partial charge on any atom is -0.325 e. The Kier molecular flexibility index (Phi) is 6.27. The van der Waals surface area contributed by atoms with Crippen LogP contribution in [0.5, 0.6) is 0 Å². The third kappa shape index (κ3) is 4.86. The molecule has 132 valence electrons. The number of nitrogens with one attached hydrogen (secondary N) is 1. The lowest BCUT2D eigenvalue weighted by molar-refractivity contribution is -0.115. The number of hydrogen-bond acceptors (Lipinski definition) is 4. The van der Waals surface area contributed by atoms with E-state index in [1.54, 1.807) is 24.3 Å². The zero-order chi connectivity index (χ0) is 18.6. The predicted octanol–water partition coefficient (Wildman–Crippen LogP) is 4.15. The van der Waals surface area contributed by atoms with Gasteiger partial charge in [-0.1, -0.05) is 25.6 Å². The van der Waals surface area contributed by atoms with E-state index >= 15 is 0 Å². The summed E-state index contributed by atoms with van der Waals surface area (Å²) in [7, 11) is 0. The average molecular weight is 356 g/mol. The largest absolute Gasteiger partial charge is 0.325 e. The summed E-state index contributed by atoms with van der Waals surface area (Å²) in [6.45, 7) is 11.2. The highest BCUT2D eigenvalue weighted by Gasteiger charge is 2.20. The van der Waals surface area contributed by atoms with Crippen molar-refractivity contribution in [1.29, 1.82) is 5.26 Å². The van der Waals surface area contributed by atoms with E-state index in [0.29, 0.717) is 17.2 Å². The molecule has 2 rings (SSSR count). The van der Waals surface area contributed by atoms with Crippen LogP contribution < -0.4 is 5.32 Å². The first kappa shape index (κ1) is 19.1. The Labute approximate surface area is 153 Å². The van der Waals surface area contributed by atoms with Crippen molar-refractivity contribution in [3.8, 4) is 6.07 Å². The fraction of sp³-hybridized carbons (Fsp3) is 0.421. The number of nitriles is 1. The lowest BCUT2D eigenvalue weighted by atomic mass is 10.2. The van der Waals surface area contributed by atoms with Crippen LogP contribution in [0.1, 0.15) is 37.7 Å². The fourth-order valence-corrected chi connectivity index (χ4v) is 3.39. The van der Waals surface area contributed by atoms with Crippen molar-refractivity contribution in [2.24, 2.45) is 5.92 Å². The van der Waals surface area contributed by atoms with Crippen LogP contribution in [0.3, 0.4) is 0 Å². The lowest BCUT2D eigenvalue weighted by Crippen LogP contribution is -2.23. The van der Waals surface area contributed by atoms with Crippen molar-refractivity contribution in [1.82, 2.24) is 9.55 Å². The molecule has 25 heavy (non-hydrogen) atoms. The number of thioether (sulfide) groups is 1. The van der Waals surface area contributed by atoms with Gasteiger partial charge in [-0.3, -0.25) is 4.79 Å². The molecule has 0 radical (unpaired) electrons. The Morgan fingerprint density at radius 1 is 1.28 bits per heavy atom. The Morgan fingerprint density at radius 2 is 1.92 bits per heavy atom. The van der Waals surface area contributed by atoms with Gasteiger partial charge in [-0.15, -0.1) is 0 Å². The molecule has 1 atom stereocenters. The van der Waals surface area contributed by atoms with Gasteiger partial charge in [-0.2, -0.15) is 5.26 Å². The second-order valence-corrected chi connectivity index (χ2v) is 7.82. The number of carbonyl (C=O) groups excluding carboxylic acids is 1. The number of benzene rings is 1. The lowest BCUT2D eigenvalue weighted by Gasteiger charge is -2.15. The first-order valence-electron chi connectivity index (χ1n) is 8.33. The van der Waals surface area contributed by atoms with Crippen molar-refractivity contribution in [3.05, 3.63) is 41.2 Å². The van der Waals surface area contributed by atoms with Gasteiger partial charge in [0.05, 0.1) is 22.6 Å². The Bertz CT molecular complexity index is 787. The van der Waals surface area contributed by atoms with Gasteiger partial charge in [0.15, 0.2) is 5.16 Å². The number of anilines is 1. The van der Waals surface area contributed by atoms with E-state index in [0.717, 1.165) is 23.1 Å². The van der Waals surface area contributed by atoms with Crippen LogP contribution in [0.15, 0.2) is 29.4 Å². The van der Waals surface area contributed by atoms with Gasteiger partial charge in [0, 0.05) is 17.9 Å². The molecule has 0 aliphatic carbocycles. The van der Waals surface area contributed by atoms with Crippen molar-refractivity contribution < 1.29 is 4.79 Å². The van der Waals surface area contributed by atoms with Crippen molar-refractivity contribution in [3.63, 3.8) is 0 Å². The molecule has 0 aliphatic heterocycles. The standard InChI is InChI=1S/C19H24N4OS/c1-12(2)11-23-14(4)13(3)21-19(23)25-15(5)18(24)22-17-8-6-16(10-20)7-9-17/h6-9,12,15H,11H2,1-5H3,(H,22,24)/t15-/m1/s1. The van der Waals surface area contributed by atoms with Crippen molar-refractivity contribution in [2.75, 3.05) is 5.32 Å². The van der Waals surface area contributed by atoms with Crippen molar-refractivity contribution in [2.45, 2.75) is 51.6 Å². The molecule has 1 heterocycles. The van der Waals surface area contributed by atoms with Crippen LogP contribution in [-0.4, -0.2) is 20.7 Å². The number of aryl methyl sites for hydroxylation is 1. The van der Waals surface area contributed by atoms with Crippen LogP contribution in [0.25, 0.3) is 0 Å². The molecular formula is C19H24N4OS. The molecule has 0 saturated carbocycles. The topological polar surface area (TPSA) is 70.7 Å². The highest BCUT2D eigenvalue weighted by molar-refractivity contribution is 8.00. The summed E-state index contributed by atoms with van der Waals surface area (Å²) in [5, 5.41) is 12.3. The van der Waals surface area contributed by atoms with Gasteiger partial charge < -0.3 is 9.88 Å². The first-order chi connectivity index (χ1) is 11.8. The van der Waals surface area contributed by atoms with Crippen LogP contribution >= 0.6 is 11.8 Å². The minimum atomic E-state index is -0.275. The molecule has 5 nitrogen and oxygen atoms in total. The summed E-state index contributed by atoms with van der Waals surface area (Å²) in [5.74, 6) is 0.429. The molecule has 1 aromatic carbocycles. The molecule has 0 bridgehead atoms. The van der Waals surface area contributed by atoms with Crippen LogP contribution in [0.2, 0.25) is 0 Å². The SMILES string of the molecule is Cc1nc(S[C@H](C)C(=O)Nc2ccc(C#N)cc2)n(CC(C)C)c1C. The van der Waals surface area contributed by atoms with Crippen LogP contribution in [0, 0.1) is 31.1 Å². The normalized spacial score (nSPS) is 12.0. The number of amides is 1. The summed E-state index contributed by atoms with van der Waals surface area (Å²) in [4.78, 5) is 17.1. The fourth-order valence-electron chi connectivity index (χ4n) is 2.38. The highest BCUT2D eigenvalue weighted by Crippen LogP contribution is 2.27. The van der Waals surface area contributed by atoms with Crippen LogP contribution in [0.4, 0.5) is 5.69 Å².